The van der Waals surface area contributed by atoms with Gasteiger partial charge in [0.2, 0.25) is 0 Å². The summed E-state index contributed by atoms with van der Waals surface area (Å²) in [5.41, 5.74) is 1.20. The fourth-order valence-electron chi connectivity index (χ4n) is 1.54. The number of benzene rings is 1. The Labute approximate surface area is 92.4 Å². The molecule has 0 N–H and O–H groups in total. The molecule has 1 aromatic heterocycles. The van der Waals surface area contributed by atoms with Crippen LogP contribution in [0.3, 0.4) is 0 Å². The van der Waals surface area contributed by atoms with Crippen LogP contribution >= 0.6 is 0 Å². The fraction of sp³-hybridized carbons (Fsp3) is 0.167. The van der Waals surface area contributed by atoms with E-state index in [4.69, 9.17) is 0 Å². The van der Waals surface area contributed by atoms with E-state index in [1.54, 1.807) is 0 Å². The van der Waals surface area contributed by atoms with E-state index in [0.717, 1.165) is 15.8 Å². The van der Waals surface area contributed by atoms with Crippen molar-refractivity contribution in [3.8, 4) is 5.69 Å². The molecule has 4 nitrogen and oxygen atoms in total. The van der Waals surface area contributed by atoms with Crippen molar-refractivity contribution in [2.75, 3.05) is 0 Å². The zero-order valence-electron chi connectivity index (χ0n) is 9.18. The molecular weight excluding hydrogens is 204 g/mol. The molecule has 0 saturated heterocycles. The summed E-state index contributed by atoms with van der Waals surface area (Å²) in [7, 11) is 1.47. The van der Waals surface area contributed by atoms with Crippen molar-refractivity contribution < 1.29 is 0 Å². The summed E-state index contributed by atoms with van der Waals surface area (Å²) in [6.45, 7) is 1.95. The minimum Gasteiger partial charge on any atom is -0.269 e. The SMILES string of the molecule is Cc1cccc(-n2ccc(=O)n(C)c2=O)c1. The molecular formula is C12H12N2O2. The molecule has 0 fully saturated rings. The third-order valence-electron chi connectivity index (χ3n) is 2.47. The van der Waals surface area contributed by atoms with Gasteiger partial charge in [0.15, 0.2) is 0 Å². The van der Waals surface area contributed by atoms with Gasteiger partial charge in [-0.3, -0.25) is 13.9 Å². The Morgan fingerprint density at radius 3 is 2.56 bits per heavy atom. The van der Waals surface area contributed by atoms with Crippen molar-refractivity contribution in [1.29, 1.82) is 0 Å². The molecule has 2 rings (SSSR count). The first-order valence-electron chi connectivity index (χ1n) is 4.95. The molecule has 0 unspecified atom stereocenters. The molecule has 0 amide bonds. The molecule has 82 valence electrons. The molecule has 4 heteroatoms. The highest BCUT2D eigenvalue weighted by atomic mass is 16.2. The van der Waals surface area contributed by atoms with Crippen LogP contribution < -0.4 is 11.2 Å². The zero-order chi connectivity index (χ0) is 11.7. The molecule has 16 heavy (non-hydrogen) atoms. The minimum atomic E-state index is -0.335. The Morgan fingerprint density at radius 2 is 1.88 bits per heavy atom. The summed E-state index contributed by atoms with van der Waals surface area (Å²) < 4.78 is 2.54. The van der Waals surface area contributed by atoms with Crippen molar-refractivity contribution in [1.82, 2.24) is 9.13 Å². The van der Waals surface area contributed by atoms with Gasteiger partial charge in [0.1, 0.15) is 0 Å². The van der Waals surface area contributed by atoms with E-state index in [1.165, 1.54) is 23.9 Å². The fourth-order valence-corrected chi connectivity index (χ4v) is 1.54. The lowest BCUT2D eigenvalue weighted by Crippen LogP contribution is -2.36. The molecule has 0 aliphatic heterocycles. The maximum absolute atomic E-state index is 11.8. The van der Waals surface area contributed by atoms with E-state index in [1.807, 2.05) is 31.2 Å². The van der Waals surface area contributed by atoms with Crippen molar-refractivity contribution in [2.45, 2.75) is 6.92 Å². The highest BCUT2D eigenvalue weighted by Crippen LogP contribution is 2.06. The van der Waals surface area contributed by atoms with Crippen molar-refractivity contribution in [2.24, 2.45) is 7.05 Å². The Balaban J connectivity index is 2.71. The van der Waals surface area contributed by atoms with E-state index in [0.29, 0.717) is 0 Å². The first-order chi connectivity index (χ1) is 7.59. The Bertz CT molecular complexity index is 638. The van der Waals surface area contributed by atoms with Gasteiger partial charge in [-0.25, -0.2) is 4.79 Å². The summed E-state index contributed by atoms with van der Waals surface area (Å²) in [5, 5.41) is 0. The summed E-state index contributed by atoms with van der Waals surface area (Å²) >= 11 is 0. The van der Waals surface area contributed by atoms with Gasteiger partial charge in [-0.1, -0.05) is 12.1 Å². The Kier molecular flexibility index (Phi) is 2.48. The number of rotatable bonds is 1. The van der Waals surface area contributed by atoms with Crippen LogP contribution in [0.5, 0.6) is 0 Å². The van der Waals surface area contributed by atoms with Gasteiger partial charge < -0.3 is 0 Å². The van der Waals surface area contributed by atoms with Gasteiger partial charge in [-0.15, -0.1) is 0 Å². The molecule has 1 heterocycles. The van der Waals surface area contributed by atoms with Crippen molar-refractivity contribution >= 4 is 0 Å². The molecule has 0 atom stereocenters. The predicted molar refractivity (Wildman–Crippen MR) is 62.0 cm³/mol. The van der Waals surface area contributed by atoms with Crippen LogP contribution in [-0.4, -0.2) is 9.13 Å². The first-order valence-corrected chi connectivity index (χ1v) is 4.95. The smallest absolute Gasteiger partial charge is 0.269 e. The quantitative estimate of drug-likeness (QED) is 0.709. The van der Waals surface area contributed by atoms with Crippen LogP contribution in [-0.2, 0) is 7.05 Å². The van der Waals surface area contributed by atoms with E-state index in [2.05, 4.69) is 0 Å². The van der Waals surface area contributed by atoms with Crippen molar-refractivity contribution in [3.05, 3.63) is 62.9 Å². The summed E-state index contributed by atoms with van der Waals surface area (Å²) in [6.07, 6.45) is 1.50. The maximum Gasteiger partial charge on any atom is 0.335 e. The third-order valence-corrected chi connectivity index (χ3v) is 2.47. The minimum absolute atomic E-state index is 0.297. The van der Waals surface area contributed by atoms with E-state index < -0.39 is 0 Å². The summed E-state index contributed by atoms with van der Waals surface area (Å²) in [5.74, 6) is 0. The monoisotopic (exact) mass is 216 g/mol. The molecule has 0 spiro atoms. The second-order valence-electron chi connectivity index (χ2n) is 3.70. The first kappa shape index (κ1) is 10.4. The Hall–Kier alpha value is -2.10. The number of aryl methyl sites for hydroxylation is 1. The standard InChI is InChI=1S/C12H12N2O2/c1-9-4-3-5-10(8-9)14-7-6-11(15)13(2)12(14)16/h3-8H,1-2H3. The van der Waals surface area contributed by atoms with E-state index in [9.17, 15) is 9.59 Å². The normalized spacial score (nSPS) is 10.4. The highest BCUT2D eigenvalue weighted by molar-refractivity contribution is 5.35. The molecule has 0 radical (unpaired) electrons. The average molecular weight is 216 g/mol. The van der Waals surface area contributed by atoms with Gasteiger partial charge in [0.25, 0.3) is 5.56 Å². The lowest BCUT2D eigenvalue weighted by atomic mass is 10.2. The second-order valence-corrected chi connectivity index (χ2v) is 3.70. The molecule has 0 bridgehead atoms. The van der Waals surface area contributed by atoms with Crippen molar-refractivity contribution in [3.63, 3.8) is 0 Å². The van der Waals surface area contributed by atoms with Crippen LogP contribution in [0.25, 0.3) is 5.69 Å². The molecule has 0 aliphatic rings. The number of hydrogen-bond acceptors (Lipinski definition) is 2. The number of nitrogens with zero attached hydrogens (tertiary/aromatic N) is 2. The molecule has 0 saturated carbocycles. The second kappa shape index (κ2) is 3.81. The summed E-state index contributed by atoms with van der Waals surface area (Å²) in [4.78, 5) is 23.1. The van der Waals surface area contributed by atoms with E-state index >= 15 is 0 Å². The maximum atomic E-state index is 11.8. The average Bonchev–Trinajstić information content (AvgIpc) is 2.26. The van der Waals surface area contributed by atoms with Gasteiger partial charge in [-0.2, -0.15) is 0 Å². The van der Waals surface area contributed by atoms with Crippen LogP contribution in [0.4, 0.5) is 0 Å². The lowest BCUT2D eigenvalue weighted by molar-refractivity contribution is 0.728. The Morgan fingerprint density at radius 1 is 1.12 bits per heavy atom. The van der Waals surface area contributed by atoms with Crippen LogP contribution in [0.2, 0.25) is 0 Å². The van der Waals surface area contributed by atoms with Gasteiger partial charge in [-0.05, 0) is 24.6 Å². The topological polar surface area (TPSA) is 44.0 Å². The predicted octanol–water partition coefficient (Wildman–Crippen LogP) is 0.845. The third kappa shape index (κ3) is 1.69. The summed E-state index contributed by atoms with van der Waals surface area (Å²) in [6, 6.07) is 8.94. The molecule has 0 aliphatic carbocycles. The van der Waals surface area contributed by atoms with Crippen LogP contribution in [0.15, 0.2) is 46.1 Å². The largest absolute Gasteiger partial charge is 0.335 e. The number of hydrogen-bond donors (Lipinski definition) is 0. The van der Waals surface area contributed by atoms with Gasteiger partial charge >= 0.3 is 5.69 Å². The highest BCUT2D eigenvalue weighted by Gasteiger charge is 2.02. The van der Waals surface area contributed by atoms with Crippen LogP contribution in [0.1, 0.15) is 5.56 Å². The number of aromatic nitrogens is 2. The zero-order valence-corrected chi connectivity index (χ0v) is 9.18. The molecule has 1 aromatic carbocycles. The van der Waals surface area contributed by atoms with Gasteiger partial charge in [0, 0.05) is 19.3 Å². The van der Waals surface area contributed by atoms with Gasteiger partial charge in [0.05, 0.1) is 5.69 Å². The molecule has 2 aromatic rings. The van der Waals surface area contributed by atoms with E-state index in [-0.39, 0.29) is 11.2 Å². The van der Waals surface area contributed by atoms with Crippen LogP contribution in [0, 0.1) is 6.92 Å². The lowest BCUT2D eigenvalue weighted by Gasteiger charge is -2.07.